The number of amidine groups is 1. The number of piperidine rings is 1. The zero-order chi connectivity index (χ0) is 29.5. The first-order chi connectivity index (χ1) is 19.6. The predicted octanol–water partition coefficient (Wildman–Crippen LogP) is 1.70. The average Bonchev–Trinajstić information content (AvgIpc) is 2.93. The van der Waals surface area contributed by atoms with Crippen LogP contribution in [-0.4, -0.2) is 96.3 Å². The van der Waals surface area contributed by atoms with E-state index in [1.54, 1.807) is 23.6 Å². The third-order valence-electron chi connectivity index (χ3n) is 8.48. The van der Waals surface area contributed by atoms with Gasteiger partial charge in [0, 0.05) is 38.4 Å². The highest BCUT2D eigenvalue weighted by Crippen LogP contribution is 2.48. The zero-order valence-electron chi connectivity index (χ0n) is 24.5. The molecule has 4 amide bonds. The Kier molecular flexibility index (Phi) is 10.2. The van der Waals surface area contributed by atoms with Crippen LogP contribution in [-0.2, 0) is 16.0 Å². The van der Waals surface area contributed by atoms with Gasteiger partial charge in [-0.25, -0.2) is 9.79 Å². The maximum atomic E-state index is 13.0. The highest BCUT2D eigenvalue weighted by Gasteiger charge is 2.44. The maximum Gasteiger partial charge on any atom is 0.323 e. The summed E-state index contributed by atoms with van der Waals surface area (Å²) in [6.45, 7) is 8.43. The van der Waals surface area contributed by atoms with Crippen LogP contribution in [0.1, 0.15) is 51.5 Å². The van der Waals surface area contributed by atoms with E-state index in [9.17, 15) is 14.4 Å². The third kappa shape index (κ3) is 8.61. The minimum Gasteiger partial charge on any atom is -0.338 e. The fourth-order valence-corrected chi connectivity index (χ4v) is 6.08. The fraction of sp³-hybridized carbons (Fsp3) is 0.600. The van der Waals surface area contributed by atoms with Gasteiger partial charge in [0.05, 0.1) is 11.2 Å². The normalized spacial score (nSPS) is 20.2. The molecule has 6 N–H and O–H groups in total. The molecule has 1 saturated carbocycles. The van der Waals surface area contributed by atoms with E-state index in [0.717, 1.165) is 19.4 Å². The van der Waals surface area contributed by atoms with Crippen LogP contribution in [0.5, 0.6) is 0 Å². The van der Waals surface area contributed by atoms with Crippen molar-refractivity contribution >= 4 is 29.9 Å². The number of hydrogen-bond acceptors (Lipinski definition) is 7. The molecule has 2 saturated heterocycles. The number of amides is 4. The Morgan fingerprint density at radius 2 is 1.68 bits per heavy atom. The molecule has 1 aromatic rings. The Hall–Kier alpha value is -3.28. The number of carbonyl (C=O) groups excluding carboxylic acids is 3. The third-order valence-corrected chi connectivity index (χ3v) is 8.48. The quantitative estimate of drug-likeness (QED) is 0.203. The molecule has 3 fully saturated rings. The molecular formula is C30H46N8O3. The molecule has 11 heteroatoms. The van der Waals surface area contributed by atoms with E-state index in [4.69, 9.17) is 11.5 Å². The summed E-state index contributed by atoms with van der Waals surface area (Å²) in [4.78, 5) is 46.6. The number of urea groups is 1. The largest absolute Gasteiger partial charge is 0.338 e. The molecule has 11 nitrogen and oxygen atoms in total. The lowest BCUT2D eigenvalue weighted by Crippen LogP contribution is -2.59. The van der Waals surface area contributed by atoms with E-state index in [1.165, 1.54) is 56.6 Å². The zero-order valence-corrected chi connectivity index (χ0v) is 24.5. The van der Waals surface area contributed by atoms with Crippen LogP contribution in [0.15, 0.2) is 41.5 Å². The molecule has 4 rings (SSSR count). The minimum atomic E-state index is -0.946. The van der Waals surface area contributed by atoms with Gasteiger partial charge in [-0.05, 0) is 101 Å². The van der Waals surface area contributed by atoms with Crippen molar-refractivity contribution in [2.24, 2.45) is 21.9 Å². The van der Waals surface area contributed by atoms with Crippen molar-refractivity contribution in [3.63, 3.8) is 0 Å². The topological polar surface area (TPSA) is 149 Å². The van der Waals surface area contributed by atoms with Gasteiger partial charge < -0.3 is 31.5 Å². The lowest BCUT2D eigenvalue weighted by Gasteiger charge is -2.51. The molecule has 1 aromatic carbocycles. The summed E-state index contributed by atoms with van der Waals surface area (Å²) in [7, 11) is 0. The lowest BCUT2D eigenvalue weighted by atomic mass is 9.61. The molecule has 0 radical (unpaired) electrons. The van der Waals surface area contributed by atoms with Crippen molar-refractivity contribution < 1.29 is 14.4 Å². The Morgan fingerprint density at radius 3 is 2.27 bits per heavy atom. The van der Waals surface area contributed by atoms with E-state index in [-0.39, 0.29) is 11.9 Å². The number of aryl methyl sites for hydroxylation is 1. The Morgan fingerprint density at radius 1 is 1.05 bits per heavy atom. The van der Waals surface area contributed by atoms with Gasteiger partial charge in [-0.1, -0.05) is 12.1 Å². The van der Waals surface area contributed by atoms with Gasteiger partial charge in [-0.15, -0.1) is 0 Å². The summed E-state index contributed by atoms with van der Waals surface area (Å²) in [5, 5.41) is 5.27. The number of nitrogens with two attached hydrogens (primary N) is 2. The highest BCUT2D eigenvalue weighted by atomic mass is 16.2. The van der Waals surface area contributed by atoms with Crippen LogP contribution in [0.3, 0.4) is 0 Å². The van der Waals surface area contributed by atoms with Crippen LogP contribution in [0.4, 0.5) is 10.5 Å². The molecule has 1 aliphatic carbocycles. The highest BCUT2D eigenvalue weighted by molar-refractivity contribution is 6.05. The van der Waals surface area contributed by atoms with Crippen molar-refractivity contribution in [1.29, 1.82) is 0 Å². The second kappa shape index (κ2) is 13.6. The monoisotopic (exact) mass is 566 g/mol. The van der Waals surface area contributed by atoms with Gasteiger partial charge in [-0.2, -0.15) is 0 Å². The Labute approximate surface area is 243 Å². The van der Waals surface area contributed by atoms with E-state index in [1.807, 2.05) is 12.1 Å². The number of benzene rings is 1. The molecule has 2 aliphatic heterocycles. The van der Waals surface area contributed by atoms with Gasteiger partial charge >= 0.3 is 6.03 Å². The molecule has 2 heterocycles. The number of rotatable bonds is 9. The number of hydrogen-bond donors (Lipinski definition) is 4. The molecule has 0 atom stereocenters. The van der Waals surface area contributed by atoms with Crippen LogP contribution in [0.2, 0.25) is 0 Å². The van der Waals surface area contributed by atoms with Crippen molar-refractivity contribution in [3.05, 3.63) is 42.1 Å². The standard InChI is InChI=1S/C30H46N8O3/c1-29(2,32)27(40)37-16-18-38(19-17-37)28(41)35-26(9-12-33-22-39)34-25-7-5-23(6-8-25)4-3-13-36-14-10-30(11-15-36)20-24(31)21-30/h5-9,12,22,24H,3-4,10-11,13-21,31-32H2,1-2H3,(H,33,39)(H,34,35,41)/b12-9-. The average molecular weight is 567 g/mol. The molecule has 41 heavy (non-hydrogen) atoms. The summed E-state index contributed by atoms with van der Waals surface area (Å²) >= 11 is 0. The molecule has 3 aliphatic rings. The van der Waals surface area contributed by atoms with Crippen molar-refractivity contribution in [1.82, 2.24) is 25.3 Å². The molecule has 1 spiro atoms. The fourth-order valence-electron chi connectivity index (χ4n) is 6.08. The number of aliphatic imine (C=N–C) groups is 1. The van der Waals surface area contributed by atoms with Crippen molar-refractivity contribution in [2.75, 3.05) is 45.8 Å². The van der Waals surface area contributed by atoms with Crippen molar-refractivity contribution in [3.8, 4) is 0 Å². The van der Waals surface area contributed by atoms with Crippen LogP contribution >= 0.6 is 0 Å². The van der Waals surface area contributed by atoms with E-state index >= 15 is 0 Å². The summed E-state index contributed by atoms with van der Waals surface area (Å²) in [5.74, 6) is 0.166. The number of nitrogens with zero attached hydrogens (tertiary/aromatic N) is 4. The predicted molar refractivity (Wildman–Crippen MR) is 160 cm³/mol. The summed E-state index contributed by atoms with van der Waals surface area (Å²) < 4.78 is 0. The van der Waals surface area contributed by atoms with Gasteiger partial charge in [-0.3, -0.25) is 14.9 Å². The second-order valence-corrected chi connectivity index (χ2v) is 12.3. The first kappa shape index (κ1) is 30.7. The van der Waals surface area contributed by atoms with Gasteiger partial charge in [0.2, 0.25) is 12.3 Å². The minimum absolute atomic E-state index is 0.134. The SMILES string of the molecule is CC(C)(N)C(=O)N1CCN(C(=O)NC(/C=C\NC=O)=Nc2ccc(CCCN3CCC4(CC3)CC(N)C4)cc2)CC1. The van der Waals surface area contributed by atoms with Crippen LogP contribution in [0, 0.1) is 5.41 Å². The molecular weight excluding hydrogens is 520 g/mol. The summed E-state index contributed by atoms with van der Waals surface area (Å²) in [6, 6.07) is 8.12. The lowest BCUT2D eigenvalue weighted by molar-refractivity contribution is -0.137. The molecule has 0 bridgehead atoms. The molecule has 224 valence electrons. The summed E-state index contributed by atoms with van der Waals surface area (Å²) in [6.07, 6.45) is 10.6. The first-order valence-corrected chi connectivity index (χ1v) is 14.7. The Bertz CT molecular complexity index is 1100. The second-order valence-electron chi connectivity index (χ2n) is 12.3. The number of likely N-dealkylation sites (tertiary alicyclic amines) is 1. The van der Waals surface area contributed by atoms with Gasteiger partial charge in [0.1, 0.15) is 5.84 Å². The maximum absolute atomic E-state index is 13.0. The van der Waals surface area contributed by atoms with Gasteiger partial charge in [0.15, 0.2) is 0 Å². The number of nitrogens with one attached hydrogen (secondary N) is 2. The van der Waals surface area contributed by atoms with Crippen LogP contribution in [0.25, 0.3) is 0 Å². The van der Waals surface area contributed by atoms with Crippen molar-refractivity contribution in [2.45, 2.75) is 64.0 Å². The van der Waals surface area contributed by atoms with Crippen LogP contribution < -0.4 is 22.1 Å². The van der Waals surface area contributed by atoms with E-state index in [0.29, 0.717) is 55.6 Å². The Balaban J connectivity index is 1.26. The van der Waals surface area contributed by atoms with E-state index in [2.05, 4.69) is 32.7 Å². The summed E-state index contributed by atoms with van der Waals surface area (Å²) in [5.41, 5.74) is 13.5. The number of carbonyl (C=O) groups is 3. The molecule has 0 unspecified atom stereocenters. The first-order valence-electron chi connectivity index (χ1n) is 14.7. The number of piperazine rings is 1. The smallest absolute Gasteiger partial charge is 0.323 e. The van der Waals surface area contributed by atoms with E-state index < -0.39 is 5.54 Å². The molecule has 0 aromatic heterocycles. The van der Waals surface area contributed by atoms with Gasteiger partial charge in [0.25, 0.3) is 0 Å².